The molecule has 2 aliphatic heterocycles. The summed E-state index contributed by atoms with van der Waals surface area (Å²) in [5, 5.41) is 9.20. The van der Waals surface area contributed by atoms with E-state index in [-0.39, 0.29) is 0 Å². The van der Waals surface area contributed by atoms with Gasteiger partial charge in [-0.2, -0.15) is 0 Å². The fraction of sp³-hybridized carbons (Fsp3) is 0.550. The minimum atomic E-state index is -0.510. The predicted molar refractivity (Wildman–Crippen MR) is 99.8 cm³/mol. The van der Waals surface area contributed by atoms with Crippen LogP contribution in [0.5, 0.6) is 5.75 Å². The van der Waals surface area contributed by atoms with Gasteiger partial charge >= 0.3 is 0 Å². The van der Waals surface area contributed by atoms with Crippen LogP contribution < -0.4 is 4.74 Å². The molecule has 0 aromatic heterocycles. The van der Waals surface area contributed by atoms with E-state index in [1.54, 1.807) is 14.2 Å². The summed E-state index contributed by atoms with van der Waals surface area (Å²) in [5.74, 6) is 1.70. The van der Waals surface area contributed by atoms with Crippen LogP contribution >= 0.6 is 0 Å². The number of allylic oxidation sites excluding steroid dienone is 1. The Labute approximate surface area is 155 Å². The van der Waals surface area contributed by atoms with Crippen LogP contribution in [0.3, 0.4) is 0 Å². The van der Waals surface area contributed by atoms with Crippen molar-refractivity contribution in [1.82, 2.24) is 10.0 Å². The molecule has 0 bridgehead atoms. The summed E-state index contributed by atoms with van der Waals surface area (Å²) in [6.07, 6.45) is 9.80. The van der Waals surface area contributed by atoms with Gasteiger partial charge in [-0.25, -0.2) is 10.0 Å². The molecule has 0 unspecified atom stereocenters. The van der Waals surface area contributed by atoms with E-state index in [1.807, 2.05) is 24.3 Å². The van der Waals surface area contributed by atoms with Crippen LogP contribution in [0.1, 0.15) is 37.7 Å². The Morgan fingerprint density at radius 3 is 2.77 bits per heavy atom. The highest BCUT2D eigenvalue weighted by atomic mass is 16.7. The lowest BCUT2D eigenvalue weighted by molar-refractivity contribution is -0.160. The van der Waals surface area contributed by atoms with Gasteiger partial charge < -0.3 is 14.3 Å². The van der Waals surface area contributed by atoms with Gasteiger partial charge in [-0.3, -0.25) is 0 Å². The second-order valence-corrected chi connectivity index (χ2v) is 7.10. The van der Waals surface area contributed by atoms with E-state index >= 15 is 0 Å². The van der Waals surface area contributed by atoms with Crippen molar-refractivity contribution in [1.29, 1.82) is 0 Å². The van der Waals surface area contributed by atoms with Crippen molar-refractivity contribution in [3.63, 3.8) is 0 Å². The van der Waals surface area contributed by atoms with Crippen molar-refractivity contribution in [3.8, 4) is 5.75 Å². The zero-order valence-corrected chi connectivity index (χ0v) is 15.6. The Morgan fingerprint density at radius 2 is 2.08 bits per heavy atom. The van der Waals surface area contributed by atoms with Gasteiger partial charge in [0.05, 0.1) is 19.8 Å². The molecule has 1 aromatic rings. The van der Waals surface area contributed by atoms with E-state index in [9.17, 15) is 0 Å². The Hall–Kier alpha value is -2.05. The third-order valence-electron chi connectivity index (χ3n) is 5.44. The summed E-state index contributed by atoms with van der Waals surface area (Å²) < 4.78 is 10.8. The predicted octanol–water partition coefficient (Wildman–Crippen LogP) is 3.15. The molecule has 1 fully saturated rings. The molecular formula is C20H27N3O3. The molecule has 3 aliphatic rings. The molecule has 1 saturated heterocycles. The number of hydrogen-bond donors (Lipinski definition) is 0. The minimum Gasteiger partial charge on any atom is -0.497 e. The van der Waals surface area contributed by atoms with E-state index in [0.717, 1.165) is 55.8 Å². The summed E-state index contributed by atoms with van der Waals surface area (Å²) in [4.78, 5) is 6.07. The molecule has 1 aliphatic carbocycles. The smallest absolute Gasteiger partial charge is 0.243 e. The monoisotopic (exact) mass is 357 g/mol. The van der Waals surface area contributed by atoms with E-state index in [1.165, 1.54) is 0 Å². The normalized spacial score (nSPS) is 28.5. The maximum atomic E-state index is 6.07. The van der Waals surface area contributed by atoms with E-state index in [2.05, 4.69) is 27.3 Å². The Kier molecular flexibility index (Phi) is 4.87. The van der Waals surface area contributed by atoms with Gasteiger partial charge in [0.1, 0.15) is 5.75 Å². The highest BCUT2D eigenvalue weighted by molar-refractivity contribution is 5.99. The molecule has 0 amide bonds. The van der Waals surface area contributed by atoms with E-state index in [4.69, 9.17) is 14.3 Å². The maximum Gasteiger partial charge on any atom is 0.243 e. The lowest BCUT2D eigenvalue weighted by Gasteiger charge is -2.44. The van der Waals surface area contributed by atoms with Crippen LogP contribution in [-0.4, -0.2) is 55.0 Å². The van der Waals surface area contributed by atoms with E-state index < -0.39 is 5.72 Å². The lowest BCUT2D eigenvalue weighted by Crippen LogP contribution is -2.59. The SMILES string of the molecule is COC[C@@H]1CCCN1N1C(c2ccc(OC)cc2)=NO[C@]12C=CCCC2. The molecule has 0 radical (unpaired) electrons. The highest BCUT2D eigenvalue weighted by Crippen LogP contribution is 2.39. The average molecular weight is 357 g/mol. The molecule has 0 saturated carbocycles. The molecule has 1 spiro atoms. The van der Waals surface area contributed by atoms with Gasteiger partial charge in [-0.1, -0.05) is 11.2 Å². The first-order valence-corrected chi connectivity index (χ1v) is 9.41. The zero-order valence-electron chi connectivity index (χ0n) is 15.6. The zero-order chi connectivity index (χ0) is 18.0. The minimum absolute atomic E-state index is 0.345. The fourth-order valence-corrected chi connectivity index (χ4v) is 4.16. The standard InChI is InChI=1S/C20H27N3O3/c1-24-15-17-7-6-14-22(17)23-19(16-8-10-18(25-2)11-9-16)21-26-20(23)12-4-3-5-13-20/h4,8-12,17H,3,5-7,13-15H2,1-2H3/t17-,20-/m0/s1. The summed E-state index contributed by atoms with van der Waals surface area (Å²) >= 11 is 0. The van der Waals surface area contributed by atoms with Crippen molar-refractivity contribution in [3.05, 3.63) is 42.0 Å². The van der Waals surface area contributed by atoms with Gasteiger partial charge in [0.25, 0.3) is 0 Å². The first kappa shape index (κ1) is 17.4. The first-order valence-electron chi connectivity index (χ1n) is 9.41. The van der Waals surface area contributed by atoms with Crippen molar-refractivity contribution in [2.45, 2.75) is 43.9 Å². The topological polar surface area (TPSA) is 46.5 Å². The van der Waals surface area contributed by atoms with Crippen LogP contribution in [-0.2, 0) is 9.57 Å². The Morgan fingerprint density at radius 1 is 1.23 bits per heavy atom. The van der Waals surface area contributed by atoms with Gasteiger partial charge in [-0.15, -0.1) is 0 Å². The third-order valence-corrected chi connectivity index (χ3v) is 5.44. The number of nitrogens with zero attached hydrogens (tertiary/aromatic N) is 3. The quantitative estimate of drug-likeness (QED) is 0.758. The van der Waals surface area contributed by atoms with Crippen molar-refractivity contribution < 1.29 is 14.3 Å². The number of amidine groups is 1. The number of benzene rings is 1. The lowest BCUT2D eigenvalue weighted by atomic mass is 9.97. The van der Waals surface area contributed by atoms with Crippen molar-refractivity contribution in [2.75, 3.05) is 27.4 Å². The molecule has 140 valence electrons. The number of methoxy groups -OCH3 is 2. The van der Waals surface area contributed by atoms with Crippen LogP contribution in [0.2, 0.25) is 0 Å². The summed E-state index contributed by atoms with van der Waals surface area (Å²) in [6, 6.07) is 8.36. The molecule has 6 heteroatoms. The van der Waals surface area contributed by atoms with Crippen LogP contribution in [0.25, 0.3) is 0 Å². The molecule has 2 atom stereocenters. The number of ether oxygens (including phenoxy) is 2. The third kappa shape index (κ3) is 2.97. The number of hydrogen-bond acceptors (Lipinski definition) is 6. The van der Waals surface area contributed by atoms with Gasteiger partial charge in [-0.05, 0) is 56.0 Å². The molecule has 2 heterocycles. The molecular weight excluding hydrogens is 330 g/mol. The largest absolute Gasteiger partial charge is 0.497 e. The van der Waals surface area contributed by atoms with Crippen molar-refractivity contribution >= 4 is 5.84 Å². The number of oxime groups is 1. The second kappa shape index (κ2) is 7.29. The maximum absolute atomic E-state index is 6.07. The highest BCUT2D eigenvalue weighted by Gasteiger charge is 2.50. The molecule has 4 rings (SSSR count). The summed E-state index contributed by atoms with van der Waals surface area (Å²) in [5.41, 5.74) is 0.522. The summed E-state index contributed by atoms with van der Waals surface area (Å²) in [6.45, 7) is 1.70. The van der Waals surface area contributed by atoms with Crippen molar-refractivity contribution in [2.24, 2.45) is 5.16 Å². The average Bonchev–Trinajstić information content (AvgIpc) is 3.27. The van der Waals surface area contributed by atoms with Crippen LogP contribution in [0.4, 0.5) is 0 Å². The van der Waals surface area contributed by atoms with E-state index in [0.29, 0.717) is 12.6 Å². The first-order chi connectivity index (χ1) is 12.8. The Bertz CT molecular complexity index is 688. The second-order valence-electron chi connectivity index (χ2n) is 7.10. The van der Waals surface area contributed by atoms with Crippen LogP contribution in [0.15, 0.2) is 41.6 Å². The van der Waals surface area contributed by atoms with Gasteiger partial charge in [0.2, 0.25) is 5.72 Å². The summed E-state index contributed by atoms with van der Waals surface area (Å²) in [7, 11) is 3.45. The number of rotatable bonds is 5. The molecule has 6 nitrogen and oxygen atoms in total. The molecule has 0 N–H and O–H groups in total. The van der Waals surface area contributed by atoms with Gasteiger partial charge in [0, 0.05) is 25.6 Å². The molecule has 1 aromatic carbocycles. The Balaban J connectivity index is 1.70. The van der Waals surface area contributed by atoms with Gasteiger partial charge in [0.15, 0.2) is 5.84 Å². The van der Waals surface area contributed by atoms with Crippen LogP contribution in [0, 0.1) is 0 Å². The molecule has 26 heavy (non-hydrogen) atoms. The number of hydrazine groups is 1. The fourth-order valence-electron chi connectivity index (χ4n) is 4.16.